The van der Waals surface area contributed by atoms with Crippen LogP contribution in [0.2, 0.25) is 0 Å². The van der Waals surface area contributed by atoms with Crippen molar-refractivity contribution in [3.8, 4) is 0 Å². The SMILES string of the molecule is C[C@@H](N[C@H](C(=O)Sc1ccccc1)c1ccccc1)c1ccccc1. The molecule has 0 unspecified atom stereocenters. The van der Waals surface area contributed by atoms with Gasteiger partial charge in [0, 0.05) is 10.9 Å². The molecule has 25 heavy (non-hydrogen) atoms. The molecule has 126 valence electrons. The third-order valence-corrected chi connectivity index (χ3v) is 4.99. The highest BCUT2D eigenvalue weighted by molar-refractivity contribution is 8.13. The van der Waals surface area contributed by atoms with E-state index >= 15 is 0 Å². The van der Waals surface area contributed by atoms with Crippen molar-refractivity contribution in [1.82, 2.24) is 5.32 Å². The number of thioether (sulfide) groups is 1. The Morgan fingerprint density at radius 3 is 1.80 bits per heavy atom. The van der Waals surface area contributed by atoms with E-state index in [0.29, 0.717) is 0 Å². The average Bonchev–Trinajstić information content (AvgIpc) is 2.68. The first kappa shape index (κ1) is 17.5. The second kappa shape index (κ2) is 8.65. The molecule has 0 aliphatic carbocycles. The largest absolute Gasteiger partial charge is 0.296 e. The molecule has 3 aromatic rings. The van der Waals surface area contributed by atoms with Crippen LogP contribution >= 0.6 is 11.8 Å². The van der Waals surface area contributed by atoms with Crippen LogP contribution in [-0.2, 0) is 4.79 Å². The first-order chi connectivity index (χ1) is 12.2. The third-order valence-electron chi connectivity index (χ3n) is 4.05. The van der Waals surface area contributed by atoms with Crippen molar-refractivity contribution >= 4 is 16.9 Å². The summed E-state index contributed by atoms with van der Waals surface area (Å²) in [4.78, 5) is 13.9. The molecule has 0 fully saturated rings. The zero-order chi connectivity index (χ0) is 17.5. The molecule has 0 aliphatic heterocycles. The van der Waals surface area contributed by atoms with Crippen molar-refractivity contribution in [2.24, 2.45) is 0 Å². The lowest BCUT2D eigenvalue weighted by atomic mass is 10.0. The van der Waals surface area contributed by atoms with E-state index in [1.807, 2.05) is 78.9 Å². The Morgan fingerprint density at radius 2 is 1.24 bits per heavy atom. The smallest absolute Gasteiger partial charge is 0.215 e. The van der Waals surface area contributed by atoms with E-state index in [0.717, 1.165) is 10.5 Å². The fourth-order valence-electron chi connectivity index (χ4n) is 2.70. The number of benzene rings is 3. The van der Waals surface area contributed by atoms with E-state index in [1.165, 1.54) is 17.3 Å². The van der Waals surface area contributed by atoms with Gasteiger partial charge < -0.3 is 0 Å². The van der Waals surface area contributed by atoms with Crippen LogP contribution in [0.1, 0.15) is 30.1 Å². The summed E-state index contributed by atoms with van der Waals surface area (Å²) in [6.45, 7) is 2.09. The second-order valence-electron chi connectivity index (χ2n) is 5.88. The first-order valence-electron chi connectivity index (χ1n) is 8.37. The summed E-state index contributed by atoms with van der Waals surface area (Å²) in [5.74, 6) is 0. The van der Waals surface area contributed by atoms with Gasteiger partial charge in [0.15, 0.2) is 0 Å². The molecule has 0 amide bonds. The fraction of sp³-hybridized carbons (Fsp3) is 0.136. The summed E-state index contributed by atoms with van der Waals surface area (Å²) < 4.78 is 0. The van der Waals surface area contributed by atoms with Crippen molar-refractivity contribution < 1.29 is 4.79 Å². The van der Waals surface area contributed by atoms with Crippen LogP contribution < -0.4 is 5.32 Å². The molecule has 1 N–H and O–H groups in total. The predicted molar refractivity (Wildman–Crippen MR) is 104 cm³/mol. The van der Waals surface area contributed by atoms with Crippen molar-refractivity contribution in [2.75, 3.05) is 0 Å². The topological polar surface area (TPSA) is 29.1 Å². The number of hydrogen-bond donors (Lipinski definition) is 1. The Labute approximate surface area is 153 Å². The third kappa shape index (κ3) is 4.81. The maximum Gasteiger partial charge on any atom is 0.215 e. The van der Waals surface area contributed by atoms with E-state index in [1.54, 1.807) is 0 Å². The molecule has 0 bridgehead atoms. The van der Waals surface area contributed by atoms with Gasteiger partial charge in [-0.15, -0.1) is 0 Å². The number of carbonyl (C=O) groups is 1. The summed E-state index contributed by atoms with van der Waals surface area (Å²) in [5, 5.41) is 3.60. The standard InChI is InChI=1S/C22H21NOS/c1-17(18-11-5-2-6-12-18)23-21(19-13-7-3-8-14-19)22(24)25-20-15-9-4-10-16-20/h2-17,21,23H,1H3/t17-,21+/m1/s1. The molecule has 0 aromatic heterocycles. The minimum atomic E-state index is -0.360. The van der Waals surface area contributed by atoms with Gasteiger partial charge in [0.05, 0.1) is 0 Å². The van der Waals surface area contributed by atoms with Crippen LogP contribution in [0.4, 0.5) is 0 Å². The molecule has 0 saturated carbocycles. The minimum Gasteiger partial charge on any atom is -0.296 e. The number of carbonyl (C=O) groups excluding carboxylic acids is 1. The Kier molecular flexibility index (Phi) is 6.04. The van der Waals surface area contributed by atoms with Crippen molar-refractivity contribution in [3.05, 3.63) is 102 Å². The van der Waals surface area contributed by atoms with Crippen molar-refractivity contribution in [3.63, 3.8) is 0 Å². The van der Waals surface area contributed by atoms with Crippen LogP contribution in [-0.4, -0.2) is 5.12 Å². The predicted octanol–water partition coefficient (Wildman–Crippen LogP) is 5.40. The van der Waals surface area contributed by atoms with Crippen LogP contribution in [0.15, 0.2) is 95.9 Å². The van der Waals surface area contributed by atoms with E-state index in [9.17, 15) is 4.79 Å². The van der Waals surface area contributed by atoms with Crippen LogP contribution in [0.25, 0.3) is 0 Å². The van der Waals surface area contributed by atoms with Gasteiger partial charge in [0.25, 0.3) is 0 Å². The van der Waals surface area contributed by atoms with Crippen molar-refractivity contribution in [1.29, 1.82) is 0 Å². The van der Waals surface area contributed by atoms with Gasteiger partial charge in [-0.2, -0.15) is 0 Å². The monoisotopic (exact) mass is 347 g/mol. The maximum absolute atomic E-state index is 13.0. The Morgan fingerprint density at radius 1 is 0.760 bits per heavy atom. The highest BCUT2D eigenvalue weighted by Crippen LogP contribution is 2.28. The van der Waals surface area contributed by atoms with Gasteiger partial charge in [0.2, 0.25) is 5.12 Å². The maximum atomic E-state index is 13.0. The Hall–Kier alpha value is -2.36. The zero-order valence-electron chi connectivity index (χ0n) is 14.1. The molecule has 2 nitrogen and oxygen atoms in total. The second-order valence-corrected chi connectivity index (χ2v) is 6.95. The first-order valence-corrected chi connectivity index (χ1v) is 9.18. The van der Waals surface area contributed by atoms with Gasteiger partial charge >= 0.3 is 0 Å². The normalized spacial score (nSPS) is 13.2. The van der Waals surface area contributed by atoms with Crippen LogP contribution in [0.3, 0.4) is 0 Å². The summed E-state index contributed by atoms with van der Waals surface area (Å²) in [6.07, 6.45) is 0. The highest BCUT2D eigenvalue weighted by Gasteiger charge is 2.23. The number of hydrogen-bond acceptors (Lipinski definition) is 3. The molecule has 0 saturated heterocycles. The molecule has 3 rings (SSSR count). The number of rotatable bonds is 6. The van der Waals surface area contributed by atoms with Gasteiger partial charge in [0.1, 0.15) is 6.04 Å². The lowest BCUT2D eigenvalue weighted by Crippen LogP contribution is -2.29. The molecule has 3 aromatic carbocycles. The summed E-state index contributed by atoms with van der Waals surface area (Å²) in [5.41, 5.74) is 2.15. The van der Waals surface area contributed by atoms with Gasteiger partial charge in [-0.05, 0) is 41.9 Å². The van der Waals surface area contributed by atoms with Crippen LogP contribution in [0.5, 0.6) is 0 Å². The van der Waals surface area contributed by atoms with Crippen LogP contribution in [0, 0.1) is 0 Å². The molecule has 0 aliphatic rings. The zero-order valence-corrected chi connectivity index (χ0v) is 14.9. The van der Waals surface area contributed by atoms with Gasteiger partial charge in [-0.1, -0.05) is 78.9 Å². The van der Waals surface area contributed by atoms with E-state index in [-0.39, 0.29) is 17.2 Å². The van der Waals surface area contributed by atoms with E-state index < -0.39 is 0 Å². The van der Waals surface area contributed by atoms with Gasteiger partial charge in [-0.3, -0.25) is 10.1 Å². The minimum absolute atomic E-state index is 0.0757. The molecule has 3 heteroatoms. The molecule has 0 spiro atoms. The average molecular weight is 347 g/mol. The molecule has 0 heterocycles. The lowest BCUT2D eigenvalue weighted by molar-refractivity contribution is -0.113. The van der Waals surface area contributed by atoms with Crippen molar-refractivity contribution in [2.45, 2.75) is 23.9 Å². The molecular weight excluding hydrogens is 326 g/mol. The lowest BCUT2D eigenvalue weighted by Gasteiger charge is -2.23. The Bertz CT molecular complexity index is 790. The van der Waals surface area contributed by atoms with E-state index in [2.05, 4.69) is 24.4 Å². The molecular formula is C22H21NOS. The summed E-state index contributed by atoms with van der Waals surface area (Å²) in [7, 11) is 0. The fourth-order valence-corrected chi connectivity index (χ4v) is 3.54. The summed E-state index contributed by atoms with van der Waals surface area (Å²) in [6, 6.07) is 29.6. The molecule has 0 radical (unpaired) electrons. The number of nitrogens with one attached hydrogen (secondary N) is 1. The quantitative estimate of drug-likeness (QED) is 0.606. The van der Waals surface area contributed by atoms with E-state index in [4.69, 9.17) is 0 Å². The molecule has 2 atom stereocenters. The Balaban J connectivity index is 1.81. The van der Waals surface area contributed by atoms with Gasteiger partial charge in [-0.25, -0.2) is 0 Å². The summed E-state index contributed by atoms with van der Waals surface area (Å²) >= 11 is 1.28. The highest BCUT2D eigenvalue weighted by atomic mass is 32.2.